The first-order chi connectivity index (χ1) is 16.6. The SMILES string of the molecule is CCCCCCCOc1ccc(C(=O)Nc2ccc(C(=O)NC(C)c3ccccc3)cc2)cc1. The normalized spacial score (nSPS) is 11.5. The summed E-state index contributed by atoms with van der Waals surface area (Å²) >= 11 is 0. The molecule has 3 aromatic rings. The van der Waals surface area contributed by atoms with Crippen LogP contribution in [0.5, 0.6) is 5.75 Å². The van der Waals surface area contributed by atoms with E-state index >= 15 is 0 Å². The summed E-state index contributed by atoms with van der Waals surface area (Å²) < 4.78 is 5.76. The van der Waals surface area contributed by atoms with Gasteiger partial charge in [-0.3, -0.25) is 9.59 Å². The maximum Gasteiger partial charge on any atom is 0.255 e. The Labute approximate surface area is 202 Å². The molecule has 1 atom stereocenters. The van der Waals surface area contributed by atoms with E-state index in [2.05, 4.69) is 17.6 Å². The van der Waals surface area contributed by atoms with E-state index in [0.29, 0.717) is 23.4 Å². The molecule has 2 N–H and O–H groups in total. The monoisotopic (exact) mass is 458 g/mol. The summed E-state index contributed by atoms with van der Waals surface area (Å²) in [5.41, 5.74) is 2.76. The highest BCUT2D eigenvalue weighted by molar-refractivity contribution is 6.04. The van der Waals surface area contributed by atoms with Crippen molar-refractivity contribution in [2.45, 2.75) is 52.0 Å². The second-order valence-corrected chi connectivity index (χ2v) is 8.42. The minimum absolute atomic E-state index is 0.0962. The minimum Gasteiger partial charge on any atom is -0.494 e. The van der Waals surface area contributed by atoms with E-state index < -0.39 is 0 Å². The van der Waals surface area contributed by atoms with E-state index in [4.69, 9.17) is 4.74 Å². The maximum atomic E-state index is 12.6. The van der Waals surface area contributed by atoms with Crippen LogP contribution in [0.4, 0.5) is 5.69 Å². The van der Waals surface area contributed by atoms with Crippen molar-refractivity contribution >= 4 is 17.5 Å². The molecule has 1 unspecified atom stereocenters. The van der Waals surface area contributed by atoms with Crippen molar-refractivity contribution in [3.8, 4) is 5.75 Å². The van der Waals surface area contributed by atoms with Crippen LogP contribution in [-0.2, 0) is 0 Å². The molecule has 0 aromatic heterocycles. The van der Waals surface area contributed by atoms with Crippen molar-refractivity contribution in [2.24, 2.45) is 0 Å². The third-order valence-electron chi connectivity index (χ3n) is 5.69. The highest BCUT2D eigenvalue weighted by Crippen LogP contribution is 2.17. The molecular formula is C29H34N2O3. The largest absolute Gasteiger partial charge is 0.494 e. The van der Waals surface area contributed by atoms with Gasteiger partial charge in [0.2, 0.25) is 0 Å². The summed E-state index contributed by atoms with van der Waals surface area (Å²) in [6, 6.07) is 23.8. The summed E-state index contributed by atoms with van der Waals surface area (Å²) in [5.74, 6) is 0.406. The molecule has 0 aliphatic carbocycles. The number of rotatable bonds is 12. The zero-order valence-corrected chi connectivity index (χ0v) is 20.1. The lowest BCUT2D eigenvalue weighted by molar-refractivity contribution is 0.0939. The van der Waals surface area contributed by atoms with Crippen molar-refractivity contribution in [1.82, 2.24) is 5.32 Å². The van der Waals surface area contributed by atoms with E-state index in [9.17, 15) is 9.59 Å². The van der Waals surface area contributed by atoms with E-state index in [1.54, 1.807) is 36.4 Å². The average molecular weight is 459 g/mol. The fourth-order valence-corrected chi connectivity index (χ4v) is 3.61. The lowest BCUT2D eigenvalue weighted by Gasteiger charge is -2.14. The summed E-state index contributed by atoms with van der Waals surface area (Å²) in [7, 11) is 0. The van der Waals surface area contributed by atoms with Crippen LogP contribution >= 0.6 is 0 Å². The van der Waals surface area contributed by atoms with Crippen molar-refractivity contribution in [1.29, 1.82) is 0 Å². The van der Waals surface area contributed by atoms with Crippen LogP contribution in [0.1, 0.15) is 78.3 Å². The standard InChI is InChI=1S/C29H34N2O3/c1-3-4-5-6-10-21-34-27-19-15-25(16-20-27)29(33)31-26-17-13-24(14-18-26)28(32)30-22(2)23-11-8-7-9-12-23/h7-9,11-20,22H,3-6,10,21H2,1-2H3,(H,30,32)(H,31,33). The number of amides is 2. The van der Waals surface area contributed by atoms with Gasteiger partial charge in [-0.15, -0.1) is 0 Å². The van der Waals surface area contributed by atoms with Gasteiger partial charge in [0.25, 0.3) is 11.8 Å². The van der Waals surface area contributed by atoms with E-state index in [0.717, 1.165) is 17.7 Å². The maximum absolute atomic E-state index is 12.6. The Bertz CT molecular complexity index is 1030. The van der Waals surface area contributed by atoms with Crippen LogP contribution in [0.3, 0.4) is 0 Å². The molecule has 0 spiro atoms. The predicted octanol–water partition coefficient (Wildman–Crippen LogP) is 6.78. The molecule has 0 fully saturated rings. The first kappa shape index (κ1) is 25.0. The number of benzene rings is 3. The molecule has 0 saturated heterocycles. The fraction of sp³-hybridized carbons (Fsp3) is 0.310. The molecule has 178 valence electrons. The van der Waals surface area contributed by atoms with Gasteiger partial charge in [0.1, 0.15) is 5.75 Å². The lowest BCUT2D eigenvalue weighted by Crippen LogP contribution is -2.26. The fourth-order valence-electron chi connectivity index (χ4n) is 3.61. The van der Waals surface area contributed by atoms with Crippen LogP contribution in [0, 0.1) is 0 Å². The van der Waals surface area contributed by atoms with Gasteiger partial charge in [-0.1, -0.05) is 62.9 Å². The van der Waals surface area contributed by atoms with Gasteiger partial charge in [0, 0.05) is 16.8 Å². The summed E-state index contributed by atoms with van der Waals surface area (Å²) in [6.45, 7) is 4.85. The van der Waals surface area contributed by atoms with Gasteiger partial charge in [-0.2, -0.15) is 0 Å². The van der Waals surface area contributed by atoms with Crippen LogP contribution in [-0.4, -0.2) is 18.4 Å². The molecule has 5 heteroatoms. The number of hydrogen-bond donors (Lipinski definition) is 2. The van der Waals surface area contributed by atoms with Crippen LogP contribution in [0.15, 0.2) is 78.9 Å². The van der Waals surface area contributed by atoms with Gasteiger partial charge >= 0.3 is 0 Å². The number of unbranched alkanes of at least 4 members (excludes halogenated alkanes) is 4. The van der Waals surface area contributed by atoms with E-state index in [1.165, 1.54) is 25.7 Å². The molecule has 0 heterocycles. The number of carbonyl (C=O) groups excluding carboxylic acids is 2. The van der Waals surface area contributed by atoms with Crippen molar-refractivity contribution in [3.05, 3.63) is 95.6 Å². The number of nitrogens with one attached hydrogen (secondary N) is 2. The highest BCUT2D eigenvalue weighted by Gasteiger charge is 2.12. The molecule has 0 bridgehead atoms. The minimum atomic E-state index is -0.207. The molecule has 0 aliphatic rings. The third-order valence-corrected chi connectivity index (χ3v) is 5.69. The lowest BCUT2D eigenvalue weighted by atomic mass is 10.1. The smallest absolute Gasteiger partial charge is 0.255 e. The molecule has 0 radical (unpaired) electrons. The molecule has 2 amide bonds. The zero-order valence-electron chi connectivity index (χ0n) is 20.1. The van der Waals surface area contributed by atoms with Gasteiger partial charge in [0.05, 0.1) is 12.6 Å². The molecule has 0 saturated carbocycles. The Kier molecular flexibility index (Phi) is 9.71. The third kappa shape index (κ3) is 7.77. The Morgan fingerprint density at radius 3 is 2.06 bits per heavy atom. The molecule has 34 heavy (non-hydrogen) atoms. The Morgan fingerprint density at radius 2 is 1.38 bits per heavy atom. The predicted molar refractivity (Wildman–Crippen MR) is 137 cm³/mol. The summed E-state index contributed by atoms with van der Waals surface area (Å²) in [5, 5.41) is 5.86. The molecule has 5 nitrogen and oxygen atoms in total. The first-order valence-corrected chi connectivity index (χ1v) is 12.1. The van der Waals surface area contributed by atoms with E-state index in [-0.39, 0.29) is 17.9 Å². The van der Waals surface area contributed by atoms with Crippen molar-refractivity contribution in [2.75, 3.05) is 11.9 Å². The van der Waals surface area contributed by atoms with E-state index in [1.807, 2.05) is 49.4 Å². The Morgan fingerprint density at radius 1 is 0.765 bits per heavy atom. The van der Waals surface area contributed by atoms with Gasteiger partial charge in [-0.05, 0) is 67.4 Å². The van der Waals surface area contributed by atoms with Gasteiger partial charge in [0.15, 0.2) is 0 Å². The average Bonchev–Trinajstić information content (AvgIpc) is 2.87. The summed E-state index contributed by atoms with van der Waals surface area (Å²) in [6.07, 6.45) is 5.98. The quantitative estimate of drug-likeness (QED) is 0.294. The number of carbonyl (C=O) groups is 2. The molecule has 3 aromatic carbocycles. The molecular weight excluding hydrogens is 424 g/mol. The number of hydrogen-bond acceptors (Lipinski definition) is 3. The second-order valence-electron chi connectivity index (χ2n) is 8.42. The van der Waals surface area contributed by atoms with Crippen LogP contribution in [0.25, 0.3) is 0 Å². The zero-order chi connectivity index (χ0) is 24.2. The van der Waals surface area contributed by atoms with Crippen LogP contribution in [0.2, 0.25) is 0 Å². The van der Waals surface area contributed by atoms with Gasteiger partial charge in [-0.25, -0.2) is 0 Å². The Balaban J connectivity index is 1.47. The Hall–Kier alpha value is -3.60. The summed E-state index contributed by atoms with van der Waals surface area (Å²) in [4.78, 5) is 25.1. The van der Waals surface area contributed by atoms with Crippen molar-refractivity contribution in [3.63, 3.8) is 0 Å². The van der Waals surface area contributed by atoms with Crippen LogP contribution < -0.4 is 15.4 Å². The number of anilines is 1. The van der Waals surface area contributed by atoms with Crippen molar-refractivity contribution < 1.29 is 14.3 Å². The molecule has 3 rings (SSSR count). The molecule has 0 aliphatic heterocycles. The second kappa shape index (κ2) is 13.2. The topological polar surface area (TPSA) is 67.4 Å². The highest BCUT2D eigenvalue weighted by atomic mass is 16.5. The van der Waals surface area contributed by atoms with Gasteiger partial charge < -0.3 is 15.4 Å². The first-order valence-electron chi connectivity index (χ1n) is 12.1. The number of ether oxygens (including phenoxy) is 1.